The summed E-state index contributed by atoms with van der Waals surface area (Å²) < 4.78 is 43.2. The number of rotatable bonds is 6. The molecule has 2 aromatic carbocycles. The number of likely N-dealkylation sites (tertiary alicyclic amines) is 1. The Labute approximate surface area is 219 Å². The van der Waals surface area contributed by atoms with E-state index in [9.17, 15) is 27.6 Å². The van der Waals surface area contributed by atoms with Crippen molar-refractivity contribution in [1.82, 2.24) is 9.47 Å². The van der Waals surface area contributed by atoms with Gasteiger partial charge >= 0.3 is 12.3 Å². The average molecular weight is 557 g/mol. The predicted octanol–water partition coefficient (Wildman–Crippen LogP) is 5.94. The van der Waals surface area contributed by atoms with Crippen LogP contribution >= 0.6 is 23.2 Å². The topological polar surface area (TPSA) is 88.8 Å². The van der Waals surface area contributed by atoms with E-state index in [2.05, 4.69) is 4.74 Å². The Kier molecular flexibility index (Phi) is 7.43. The van der Waals surface area contributed by atoms with E-state index in [1.165, 1.54) is 35.9 Å². The first-order valence-electron chi connectivity index (χ1n) is 11.2. The van der Waals surface area contributed by atoms with Crippen LogP contribution in [0.2, 0.25) is 10.0 Å². The number of carbonyl (C=O) groups is 3. The number of piperidine rings is 1. The third-order valence-electron chi connectivity index (χ3n) is 6.40. The van der Waals surface area contributed by atoms with E-state index >= 15 is 0 Å². The van der Waals surface area contributed by atoms with E-state index in [1.807, 2.05) is 0 Å². The van der Waals surface area contributed by atoms with Crippen LogP contribution < -0.4 is 4.74 Å². The quantitative estimate of drug-likeness (QED) is 0.379. The van der Waals surface area contributed by atoms with Crippen LogP contribution in [0.5, 0.6) is 5.75 Å². The number of nitrogens with zero attached hydrogens (tertiary/aromatic N) is 2. The van der Waals surface area contributed by atoms with Crippen LogP contribution in [0.25, 0.3) is 10.9 Å². The van der Waals surface area contributed by atoms with Crippen molar-refractivity contribution in [2.24, 2.45) is 13.0 Å². The first-order valence-corrected chi connectivity index (χ1v) is 12.0. The summed E-state index contributed by atoms with van der Waals surface area (Å²) in [6, 6.07) is 8.01. The molecule has 0 spiro atoms. The van der Waals surface area contributed by atoms with E-state index in [0.717, 1.165) is 12.1 Å². The molecule has 1 aromatic heterocycles. The number of benzene rings is 2. The van der Waals surface area contributed by atoms with Gasteiger partial charge in [0.05, 0.1) is 32.4 Å². The van der Waals surface area contributed by atoms with E-state index in [4.69, 9.17) is 28.3 Å². The zero-order valence-electron chi connectivity index (χ0n) is 19.4. The fraction of sp³-hybridized carbons (Fsp3) is 0.320. The summed E-state index contributed by atoms with van der Waals surface area (Å²) in [4.78, 5) is 39.2. The van der Waals surface area contributed by atoms with Gasteiger partial charge in [0.15, 0.2) is 0 Å². The maximum atomic E-state index is 13.5. The Hall–Kier alpha value is -3.24. The number of ketones is 1. The third kappa shape index (κ3) is 5.70. The average Bonchev–Trinajstić information content (AvgIpc) is 3.13. The molecular weight excluding hydrogens is 536 g/mol. The molecule has 7 nitrogen and oxygen atoms in total. The molecule has 1 saturated heterocycles. The van der Waals surface area contributed by atoms with Crippen LogP contribution in [0, 0.1) is 5.92 Å². The SMILES string of the molecule is Cn1c(C(=O)c2c(Cl)ccc(C(=O)N3CCC(CC(=O)O)CC3)c2Cl)cc2ccc(OC(F)(F)F)cc21. The number of carbonyl (C=O) groups excluding carboxylic acids is 2. The summed E-state index contributed by atoms with van der Waals surface area (Å²) >= 11 is 12.8. The molecule has 0 saturated carbocycles. The lowest BCUT2D eigenvalue weighted by Gasteiger charge is -2.31. The van der Waals surface area contributed by atoms with E-state index in [0.29, 0.717) is 36.8 Å². The van der Waals surface area contributed by atoms with Crippen molar-refractivity contribution in [3.05, 3.63) is 63.3 Å². The van der Waals surface area contributed by atoms with Crippen LogP contribution in [-0.4, -0.2) is 51.7 Å². The number of hydrogen-bond acceptors (Lipinski definition) is 4. The molecule has 196 valence electrons. The normalized spacial score (nSPS) is 14.7. The highest BCUT2D eigenvalue weighted by molar-refractivity contribution is 6.42. The monoisotopic (exact) mass is 556 g/mol. The van der Waals surface area contributed by atoms with E-state index in [-0.39, 0.29) is 39.2 Å². The molecule has 1 aliphatic rings. The molecule has 0 bridgehead atoms. The number of ether oxygens (including phenoxy) is 1. The van der Waals surface area contributed by atoms with Gasteiger partial charge in [-0.25, -0.2) is 0 Å². The van der Waals surface area contributed by atoms with Gasteiger partial charge in [-0.2, -0.15) is 0 Å². The molecule has 2 heterocycles. The molecule has 0 radical (unpaired) electrons. The van der Waals surface area contributed by atoms with Gasteiger partial charge in [-0.05, 0) is 49.1 Å². The second-order valence-electron chi connectivity index (χ2n) is 8.80. The number of alkyl halides is 3. The summed E-state index contributed by atoms with van der Waals surface area (Å²) in [6.07, 6.45) is -3.76. The highest BCUT2D eigenvalue weighted by atomic mass is 35.5. The highest BCUT2D eigenvalue weighted by Gasteiger charge is 2.32. The maximum absolute atomic E-state index is 13.5. The maximum Gasteiger partial charge on any atom is 0.573 e. The molecule has 1 amide bonds. The number of carboxylic acids is 1. The second-order valence-corrected chi connectivity index (χ2v) is 9.59. The molecule has 1 N–H and O–H groups in total. The molecule has 0 unspecified atom stereocenters. The molecule has 37 heavy (non-hydrogen) atoms. The Bertz CT molecular complexity index is 1400. The summed E-state index contributed by atoms with van der Waals surface area (Å²) in [7, 11) is 1.50. The molecular formula is C25H21Cl2F3N2O5. The van der Waals surface area contributed by atoms with Gasteiger partial charge < -0.3 is 19.3 Å². The summed E-state index contributed by atoms with van der Waals surface area (Å²) in [5, 5.41) is 9.35. The van der Waals surface area contributed by atoms with Gasteiger partial charge in [-0.15, -0.1) is 13.2 Å². The Morgan fingerprint density at radius 2 is 1.76 bits per heavy atom. The first-order chi connectivity index (χ1) is 17.4. The summed E-state index contributed by atoms with van der Waals surface area (Å²) in [6.45, 7) is 0.703. The van der Waals surface area contributed by atoms with Crippen molar-refractivity contribution in [2.75, 3.05) is 13.1 Å². The number of carboxylic acid groups (broad SMARTS) is 1. The van der Waals surface area contributed by atoms with E-state index in [1.54, 1.807) is 4.90 Å². The van der Waals surface area contributed by atoms with Gasteiger partial charge in [0.1, 0.15) is 5.75 Å². The molecule has 1 aliphatic heterocycles. The van der Waals surface area contributed by atoms with Crippen LogP contribution in [0.15, 0.2) is 36.4 Å². The summed E-state index contributed by atoms with van der Waals surface area (Å²) in [5.74, 6) is -2.35. The zero-order valence-corrected chi connectivity index (χ0v) is 21.0. The standard InChI is InChI=1S/C25H21Cl2F3N2O5/c1-31-18-12-15(37-25(28,29)30)3-2-14(18)11-19(31)23(35)21-17(26)5-4-16(22(21)27)24(36)32-8-6-13(7-9-32)10-20(33)34/h2-5,11-13H,6-10H2,1H3,(H,33,34). The highest BCUT2D eigenvalue weighted by Crippen LogP contribution is 2.34. The van der Waals surface area contributed by atoms with Crippen molar-refractivity contribution in [3.63, 3.8) is 0 Å². The van der Waals surface area contributed by atoms with Crippen LogP contribution in [0.3, 0.4) is 0 Å². The van der Waals surface area contributed by atoms with Gasteiger partial charge in [0.2, 0.25) is 5.78 Å². The molecule has 12 heteroatoms. The number of hydrogen-bond donors (Lipinski definition) is 1. The lowest BCUT2D eigenvalue weighted by atomic mass is 9.93. The minimum atomic E-state index is -4.86. The number of aromatic nitrogens is 1. The van der Waals surface area contributed by atoms with Gasteiger partial charge in [0, 0.05) is 38.0 Å². The van der Waals surface area contributed by atoms with Crippen LogP contribution in [-0.2, 0) is 11.8 Å². The van der Waals surface area contributed by atoms with E-state index < -0.39 is 29.8 Å². The van der Waals surface area contributed by atoms with Crippen molar-refractivity contribution >= 4 is 51.8 Å². The largest absolute Gasteiger partial charge is 0.573 e. The second kappa shape index (κ2) is 10.3. The number of halogens is 5. The van der Waals surface area contributed by atoms with Crippen molar-refractivity contribution in [3.8, 4) is 5.75 Å². The summed E-state index contributed by atoms with van der Waals surface area (Å²) in [5.41, 5.74) is 0.384. The molecule has 0 aliphatic carbocycles. The minimum absolute atomic E-state index is 0.0121. The predicted molar refractivity (Wildman–Crippen MR) is 130 cm³/mol. The smallest absolute Gasteiger partial charge is 0.481 e. The van der Waals surface area contributed by atoms with Crippen molar-refractivity contribution in [1.29, 1.82) is 0 Å². The Morgan fingerprint density at radius 1 is 1.08 bits per heavy atom. The lowest BCUT2D eigenvalue weighted by Crippen LogP contribution is -2.39. The number of fused-ring (bicyclic) bond motifs is 1. The number of aliphatic carboxylic acids is 1. The molecule has 1 fully saturated rings. The number of amides is 1. The van der Waals surface area contributed by atoms with Crippen molar-refractivity contribution < 1.29 is 37.4 Å². The Balaban J connectivity index is 1.63. The van der Waals surface area contributed by atoms with Crippen molar-refractivity contribution in [2.45, 2.75) is 25.6 Å². The Morgan fingerprint density at radius 3 is 2.38 bits per heavy atom. The van der Waals surface area contributed by atoms with Gasteiger partial charge in [-0.3, -0.25) is 14.4 Å². The molecule has 3 aromatic rings. The van der Waals surface area contributed by atoms with Crippen LogP contribution in [0.4, 0.5) is 13.2 Å². The van der Waals surface area contributed by atoms with Gasteiger partial charge in [0.25, 0.3) is 5.91 Å². The minimum Gasteiger partial charge on any atom is -0.481 e. The number of aryl methyl sites for hydroxylation is 1. The molecule has 0 atom stereocenters. The fourth-order valence-electron chi connectivity index (χ4n) is 4.54. The zero-order chi connectivity index (χ0) is 27.1. The first kappa shape index (κ1) is 26.8. The third-order valence-corrected chi connectivity index (χ3v) is 7.10. The molecule has 4 rings (SSSR count). The lowest BCUT2D eigenvalue weighted by molar-refractivity contribution is -0.274. The fourth-order valence-corrected chi connectivity index (χ4v) is 5.16. The van der Waals surface area contributed by atoms with Crippen LogP contribution in [0.1, 0.15) is 45.7 Å². The van der Waals surface area contributed by atoms with Gasteiger partial charge in [-0.1, -0.05) is 23.2 Å².